The lowest BCUT2D eigenvalue weighted by Gasteiger charge is -2.48. The van der Waals surface area contributed by atoms with Gasteiger partial charge in [0.05, 0.1) is 47.0 Å². The number of aryl methyl sites for hydroxylation is 1. The van der Waals surface area contributed by atoms with Crippen molar-refractivity contribution >= 4 is 37.3 Å². The summed E-state index contributed by atoms with van der Waals surface area (Å²) in [7, 11) is -1.42. The van der Waals surface area contributed by atoms with E-state index in [0.29, 0.717) is 18.1 Å². The van der Waals surface area contributed by atoms with Crippen molar-refractivity contribution in [3.05, 3.63) is 66.2 Å². The fourth-order valence-electron chi connectivity index (χ4n) is 5.89. The minimum absolute atomic E-state index is 0.0799. The number of methoxy groups -OCH3 is 1. The molecule has 0 saturated carbocycles. The first-order valence-electron chi connectivity index (χ1n) is 13.8. The number of ether oxygens (including phenoxy) is 1. The molecule has 0 radical (unpaired) electrons. The number of fused-ring (bicyclic) bond motifs is 2. The Labute approximate surface area is 240 Å². The van der Waals surface area contributed by atoms with Gasteiger partial charge in [0.15, 0.2) is 5.82 Å². The zero-order valence-corrected chi connectivity index (χ0v) is 25.0. The van der Waals surface area contributed by atoms with Crippen LogP contribution in [0.25, 0.3) is 38.9 Å². The maximum absolute atomic E-state index is 12.0. The maximum atomic E-state index is 12.0. The SMILES string of the molecule is COc1ccncc1-c1cc2c(cnn2-c2cc(N3C[C@H](CS(C)(=O)=O)[C@H]3C)c3cccc(C(C)C)c3n2)c(C)n1. The molecule has 1 aliphatic heterocycles. The second kappa shape index (κ2) is 10.1. The largest absolute Gasteiger partial charge is 0.496 e. The summed E-state index contributed by atoms with van der Waals surface area (Å²) in [4.78, 5) is 16.6. The van der Waals surface area contributed by atoms with E-state index in [9.17, 15) is 8.42 Å². The van der Waals surface area contributed by atoms with Gasteiger partial charge in [-0.1, -0.05) is 32.0 Å². The molecule has 1 fully saturated rings. The number of hydrogen-bond donors (Lipinski definition) is 0. The van der Waals surface area contributed by atoms with Crippen LogP contribution in [0.3, 0.4) is 0 Å². The van der Waals surface area contributed by atoms with Gasteiger partial charge in [-0.05, 0) is 37.5 Å². The lowest BCUT2D eigenvalue weighted by atomic mass is 9.89. The minimum Gasteiger partial charge on any atom is -0.496 e. The molecular formula is C31H34N6O3S. The van der Waals surface area contributed by atoms with Crippen LogP contribution in [0.15, 0.2) is 55.0 Å². The van der Waals surface area contributed by atoms with Gasteiger partial charge < -0.3 is 9.64 Å². The van der Waals surface area contributed by atoms with Crippen molar-refractivity contribution < 1.29 is 13.2 Å². The molecule has 9 nitrogen and oxygen atoms in total. The summed E-state index contributed by atoms with van der Waals surface area (Å²) in [6.07, 6.45) is 6.59. The van der Waals surface area contributed by atoms with E-state index in [1.807, 2.05) is 29.9 Å². The topological polar surface area (TPSA) is 103 Å². The van der Waals surface area contributed by atoms with Crippen LogP contribution < -0.4 is 9.64 Å². The van der Waals surface area contributed by atoms with Gasteiger partial charge in [-0.25, -0.2) is 18.1 Å². The van der Waals surface area contributed by atoms with Crippen LogP contribution in [0.5, 0.6) is 5.75 Å². The van der Waals surface area contributed by atoms with E-state index in [1.165, 1.54) is 6.26 Å². The van der Waals surface area contributed by atoms with Gasteiger partial charge in [-0.15, -0.1) is 0 Å². The predicted molar refractivity (Wildman–Crippen MR) is 163 cm³/mol. The highest BCUT2D eigenvalue weighted by atomic mass is 32.2. The third-order valence-corrected chi connectivity index (χ3v) is 9.17. The van der Waals surface area contributed by atoms with Gasteiger partial charge in [0, 0.05) is 59.7 Å². The minimum atomic E-state index is -3.06. The molecule has 0 unspecified atom stereocenters. The zero-order valence-electron chi connectivity index (χ0n) is 24.2. The molecule has 212 valence electrons. The fraction of sp³-hybridized carbons (Fsp3) is 0.355. The molecular weight excluding hydrogens is 536 g/mol. The third-order valence-electron chi connectivity index (χ3n) is 8.14. The van der Waals surface area contributed by atoms with Crippen LogP contribution in [-0.4, -0.2) is 64.9 Å². The Balaban J connectivity index is 1.54. The quantitative estimate of drug-likeness (QED) is 0.258. The smallest absolute Gasteiger partial charge is 0.156 e. The van der Waals surface area contributed by atoms with Crippen LogP contribution in [0.4, 0.5) is 5.69 Å². The first-order chi connectivity index (χ1) is 19.6. The molecule has 0 bridgehead atoms. The molecule has 0 N–H and O–H groups in total. The van der Waals surface area contributed by atoms with Crippen LogP contribution in [0.2, 0.25) is 0 Å². The molecule has 2 atom stereocenters. The number of rotatable bonds is 7. The Hall–Kier alpha value is -4.05. The predicted octanol–water partition coefficient (Wildman–Crippen LogP) is 5.34. The van der Waals surface area contributed by atoms with E-state index in [0.717, 1.165) is 50.0 Å². The lowest BCUT2D eigenvalue weighted by molar-refractivity contribution is 0.342. The summed E-state index contributed by atoms with van der Waals surface area (Å²) < 4.78 is 31.5. The number of aromatic nitrogens is 5. The van der Waals surface area contributed by atoms with Crippen molar-refractivity contribution in [2.45, 2.75) is 39.7 Å². The Kier molecular flexibility index (Phi) is 6.68. The molecule has 0 spiro atoms. The number of nitrogens with zero attached hydrogens (tertiary/aromatic N) is 6. The molecule has 10 heteroatoms. The molecule has 41 heavy (non-hydrogen) atoms. The van der Waals surface area contributed by atoms with Crippen LogP contribution in [0, 0.1) is 12.8 Å². The van der Waals surface area contributed by atoms with Crippen molar-refractivity contribution in [1.82, 2.24) is 24.7 Å². The summed E-state index contributed by atoms with van der Waals surface area (Å²) in [6.45, 7) is 9.09. The van der Waals surface area contributed by atoms with Crippen LogP contribution in [0.1, 0.15) is 37.9 Å². The van der Waals surface area contributed by atoms with Crippen molar-refractivity contribution in [1.29, 1.82) is 0 Å². The normalized spacial score (nSPS) is 17.4. The molecule has 1 aromatic carbocycles. The first kappa shape index (κ1) is 27.1. The van der Waals surface area contributed by atoms with Crippen LogP contribution >= 0.6 is 0 Å². The summed E-state index contributed by atoms with van der Waals surface area (Å²) >= 11 is 0. The van der Waals surface area contributed by atoms with E-state index >= 15 is 0 Å². The van der Waals surface area contributed by atoms with Gasteiger partial charge >= 0.3 is 0 Å². The lowest BCUT2D eigenvalue weighted by Crippen LogP contribution is -2.57. The van der Waals surface area contributed by atoms with Gasteiger partial charge in [0.25, 0.3) is 0 Å². The summed E-state index contributed by atoms with van der Waals surface area (Å²) in [6, 6.07) is 12.3. The standard InChI is InChI=1S/C31H34N6O3S/c1-18(2)22-8-7-9-23-27(36-16-21(20(36)4)17-41(6,38)39)13-30(35-31(22)23)37-28-12-26(34-19(3)24(28)15-33-37)25-14-32-11-10-29(25)40-5/h7-15,18,20-21H,16-17H2,1-6H3/t20-,21-/m1/s1. The van der Waals surface area contributed by atoms with Gasteiger partial charge in [-0.2, -0.15) is 5.10 Å². The van der Waals surface area contributed by atoms with E-state index < -0.39 is 9.84 Å². The van der Waals surface area contributed by atoms with E-state index in [1.54, 1.807) is 19.5 Å². The van der Waals surface area contributed by atoms with Crippen molar-refractivity contribution in [3.8, 4) is 22.8 Å². The highest BCUT2D eigenvalue weighted by Gasteiger charge is 2.38. The Morgan fingerprint density at radius 3 is 2.61 bits per heavy atom. The summed E-state index contributed by atoms with van der Waals surface area (Å²) in [5.74, 6) is 1.94. The highest BCUT2D eigenvalue weighted by Crippen LogP contribution is 2.40. The Bertz CT molecular complexity index is 1900. The number of hydrogen-bond acceptors (Lipinski definition) is 8. The molecule has 5 aromatic rings. The number of benzene rings is 1. The first-order valence-corrected chi connectivity index (χ1v) is 15.8. The van der Waals surface area contributed by atoms with E-state index in [2.05, 4.69) is 54.9 Å². The highest BCUT2D eigenvalue weighted by molar-refractivity contribution is 7.90. The Morgan fingerprint density at radius 1 is 1.10 bits per heavy atom. The Morgan fingerprint density at radius 2 is 1.90 bits per heavy atom. The molecule has 4 aromatic heterocycles. The molecule has 1 saturated heterocycles. The maximum Gasteiger partial charge on any atom is 0.156 e. The van der Waals surface area contributed by atoms with Gasteiger partial charge in [-0.3, -0.25) is 9.97 Å². The third kappa shape index (κ3) is 4.80. The molecule has 6 rings (SSSR count). The van der Waals surface area contributed by atoms with E-state index in [4.69, 9.17) is 19.8 Å². The second-order valence-electron chi connectivity index (χ2n) is 11.3. The van der Waals surface area contributed by atoms with E-state index in [-0.39, 0.29) is 23.6 Å². The average Bonchev–Trinajstić information content (AvgIpc) is 3.38. The van der Waals surface area contributed by atoms with Crippen molar-refractivity contribution in [2.24, 2.45) is 5.92 Å². The fourth-order valence-corrected chi connectivity index (χ4v) is 7.05. The van der Waals surface area contributed by atoms with Gasteiger partial charge in [0.1, 0.15) is 15.6 Å². The average molecular weight is 571 g/mol. The summed E-state index contributed by atoms with van der Waals surface area (Å²) in [5, 5.41) is 6.77. The number of sulfone groups is 1. The molecule has 0 aliphatic carbocycles. The molecule has 1 aliphatic rings. The summed E-state index contributed by atoms with van der Waals surface area (Å²) in [5.41, 5.74) is 6.38. The number of para-hydroxylation sites is 1. The molecule has 0 amide bonds. The van der Waals surface area contributed by atoms with Crippen molar-refractivity contribution in [2.75, 3.05) is 30.6 Å². The zero-order chi connectivity index (χ0) is 29.1. The van der Waals surface area contributed by atoms with Crippen LogP contribution in [-0.2, 0) is 9.84 Å². The van der Waals surface area contributed by atoms with Crippen molar-refractivity contribution in [3.63, 3.8) is 0 Å². The second-order valence-corrected chi connectivity index (χ2v) is 13.5. The number of anilines is 1. The monoisotopic (exact) mass is 570 g/mol. The van der Waals surface area contributed by atoms with Gasteiger partial charge in [0.2, 0.25) is 0 Å². The molecule has 5 heterocycles. The number of pyridine rings is 3.